The normalized spacial score (nSPS) is 11.3. The van der Waals surface area contributed by atoms with Crippen LogP contribution in [0.25, 0.3) is 17.1 Å². The highest BCUT2D eigenvalue weighted by atomic mass is 19.2. The average Bonchev–Trinajstić information content (AvgIpc) is 3.41. The fourth-order valence-corrected chi connectivity index (χ4v) is 3.67. The number of halogens is 3. The Morgan fingerprint density at radius 3 is 2.53 bits per heavy atom. The van der Waals surface area contributed by atoms with Crippen LogP contribution in [0.5, 0.6) is 0 Å². The molecular weight excluding hydrogens is 419 g/mol. The zero-order valence-corrected chi connectivity index (χ0v) is 16.6. The highest BCUT2D eigenvalue weighted by Gasteiger charge is 2.22. The van der Waals surface area contributed by atoms with E-state index in [2.05, 4.69) is 9.97 Å². The van der Waals surface area contributed by atoms with E-state index < -0.39 is 23.0 Å². The standard InChI is InChI=1S/C24H16F3N3O2/c25-17-8-2-1-5-14(17)11-19-23-29-20(12-15-6-4-10-32-15)24(31)30(23)13-21(28-19)16-7-3-9-18(26)22(16)27/h1-10,13,28H,11-12H2. The number of aromatic amines is 1. The van der Waals surface area contributed by atoms with Gasteiger partial charge in [-0.05, 0) is 35.9 Å². The molecule has 8 heteroatoms. The summed E-state index contributed by atoms with van der Waals surface area (Å²) in [5, 5.41) is 0. The predicted octanol–water partition coefficient (Wildman–Crippen LogP) is 4.86. The molecule has 0 fully saturated rings. The van der Waals surface area contributed by atoms with Gasteiger partial charge in [-0.25, -0.2) is 18.2 Å². The number of rotatable bonds is 5. The van der Waals surface area contributed by atoms with Crippen LogP contribution in [-0.2, 0) is 12.8 Å². The molecule has 2 aromatic carbocycles. The van der Waals surface area contributed by atoms with E-state index in [0.717, 1.165) is 6.07 Å². The van der Waals surface area contributed by atoms with E-state index >= 15 is 0 Å². The lowest BCUT2D eigenvalue weighted by Crippen LogP contribution is -2.18. The Morgan fingerprint density at radius 2 is 1.75 bits per heavy atom. The largest absolute Gasteiger partial charge is 0.469 e. The second-order valence-corrected chi connectivity index (χ2v) is 7.33. The summed E-state index contributed by atoms with van der Waals surface area (Å²) in [6.07, 6.45) is 3.10. The van der Waals surface area contributed by atoms with E-state index in [-0.39, 0.29) is 35.6 Å². The number of furan rings is 1. The Morgan fingerprint density at radius 1 is 0.938 bits per heavy atom. The zero-order valence-electron chi connectivity index (χ0n) is 16.6. The lowest BCUT2D eigenvalue weighted by atomic mass is 10.1. The van der Waals surface area contributed by atoms with Crippen molar-refractivity contribution >= 4 is 0 Å². The van der Waals surface area contributed by atoms with Crippen molar-refractivity contribution in [2.75, 3.05) is 0 Å². The molecule has 3 aromatic rings. The van der Waals surface area contributed by atoms with Crippen LogP contribution in [0.1, 0.15) is 22.7 Å². The van der Waals surface area contributed by atoms with E-state index in [9.17, 15) is 18.0 Å². The summed E-state index contributed by atoms with van der Waals surface area (Å²) in [6.45, 7) is 0. The molecule has 2 aliphatic heterocycles. The molecule has 2 aliphatic rings. The van der Waals surface area contributed by atoms with E-state index in [4.69, 9.17) is 4.42 Å². The van der Waals surface area contributed by atoms with Crippen LogP contribution in [0.15, 0.2) is 76.3 Å². The van der Waals surface area contributed by atoms with Gasteiger partial charge in [-0.15, -0.1) is 0 Å². The van der Waals surface area contributed by atoms with Crippen LogP contribution in [0.2, 0.25) is 0 Å². The maximum absolute atomic E-state index is 14.5. The Kier molecular flexibility index (Phi) is 4.89. The quantitative estimate of drug-likeness (QED) is 0.429. The Bertz CT molecular complexity index is 1440. The third-order valence-corrected chi connectivity index (χ3v) is 5.24. The molecule has 1 N–H and O–H groups in total. The lowest BCUT2D eigenvalue weighted by Gasteiger charge is -2.14. The topological polar surface area (TPSA) is 63.8 Å². The van der Waals surface area contributed by atoms with E-state index in [1.165, 1.54) is 35.2 Å². The number of fused-ring (bicyclic) bond motifs is 1. The molecule has 0 atom stereocenters. The van der Waals surface area contributed by atoms with Crippen LogP contribution in [0, 0.1) is 17.5 Å². The lowest BCUT2D eigenvalue weighted by molar-refractivity contribution is 0.511. The predicted molar refractivity (Wildman–Crippen MR) is 111 cm³/mol. The van der Waals surface area contributed by atoms with Gasteiger partial charge in [0.15, 0.2) is 17.5 Å². The third kappa shape index (κ3) is 3.49. The van der Waals surface area contributed by atoms with Crippen LogP contribution in [0.3, 0.4) is 0 Å². The fourth-order valence-electron chi connectivity index (χ4n) is 3.67. The monoisotopic (exact) mass is 435 g/mol. The molecule has 0 radical (unpaired) electrons. The molecule has 160 valence electrons. The van der Waals surface area contributed by atoms with Crippen molar-refractivity contribution in [1.29, 1.82) is 0 Å². The summed E-state index contributed by atoms with van der Waals surface area (Å²) in [7, 11) is 0. The van der Waals surface area contributed by atoms with Crippen LogP contribution < -0.4 is 5.56 Å². The van der Waals surface area contributed by atoms with Gasteiger partial charge in [0.1, 0.15) is 17.3 Å². The minimum Gasteiger partial charge on any atom is -0.469 e. The molecule has 3 heterocycles. The molecule has 0 saturated heterocycles. The maximum atomic E-state index is 14.5. The summed E-state index contributed by atoms with van der Waals surface area (Å²) in [4.78, 5) is 20.5. The SMILES string of the molecule is O=c1c(Cc2ccco2)nc2c(Cc3ccccc3F)[nH]c(-c3cccc(F)c3F)cn1-2. The smallest absolute Gasteiger partial charge is 0.278 e. The number of imidazole rings is 1. The first kappa shape index (κ1) is 19.9. The average molecular weight is 435 g/mol. The molecule has 0 bridgehead atoms. The minimum absolute atomic E-state index is 0.0534. The summed E-state index contributed by atoms with van der Waals surface area (Å²) in [5.74, 6) is -1.66. The van der Waals surface area contributed by atoms with E-state index in [0.29, 0.717) is 17.0 Å². The summed E-state index contributed by atoms with van der Waals surface area (Å²) in [6, 6.07) is 13.4. The van der Waals surface area contributed by atoms with Gasteiger partial charge < -0.3 is 9.40 Å². The summed E-state index contributed by atoms with van der Waals surface area (Å²) >= 11 is 0. The third-order valence-electron chi connectivity index (χ3n) is 5.24. The number of hydrogen-bond acceptors (Lipinski definition) is 3. The van der Waals surface area contributed by atoms with Crippen LogP contribution in [-0.4, -0.2) is 14.5 Å². The minimum atomic E-state index is -1.05. The molecule has 0 unspecified atom stereocenters. The second kappa shape index (κ2) is 7.88. The van der Waals surface area contributed by atoms with Crippen LogP contribution in [0.4, 0.5) is 13.2 Å². The first-order valence-electron chi connectivity index (χ1n) is 9.84. The van der Waals surface area contributed by atoms with Crippen molar-refractivity contribution in [3.8, 4) is 17.1 Å². The van der Waals surface area contributed by atoms with Crippen molar-refractivity contribution < 1.29 is 17.6 Å². The van der Waals surface area contributed by atoms with Gasteiger partial charge in [-0.3, -0.25) is 9.36 Å². The molecule has 0 amide bonds. The first-order chi connectivity index (χ1) is 15.5. The number of benzene rings is 2. The molecule has 5 rings (SSSR count). The number of aromatic nitrogens is 3. The van der Waals surface area contributed by atoms with Gasteiger partial charge in [0.05, 0.1) is 24.1 Å². The van der Waals surface area contributed by atoms with Gasteiger partial charge in [-0.1, -0.05) is 24.3 Å². The first-order valence-corrected chi connectivity index (χ1v) is 9.84. The number of nitrogens with zero attached hydrogens (tertiary/aromatic N) is 2. The summed E-state index contributed by atoms with van der Waals surface area (Å²) in [5.41, 5.74) is 0.671. The van der Waals surface area contributed by atoms with Crippen LogP contribution >= 0.6 is 0 Å². The molecule has 32 heavy (non-hydrogen) atoms. The van der Waals surface area contributed by atoms with Gasteiger partial charge >= 0.3 is 0 Å². The highest BCUT2D eigenvalue weighted by molar-refractivity contribution is 5.61. The molecular formula is C24H16F3N3O2. The molecule has 0 aliphatic carbocycles. The second-order valence-electron chi connectivity index (χ2n) is 7.33. The Hall–Kier alpha value is -4.07. The summed E-state index contributed by atoms with van der Waals surface area (Å²) < 4.78 is 49.3. The molecule has 0 spiro atoms. The number of H-pyrrole nitrogens is 1. The molecule has 1 aromatic heterocycles. The Balaban J connectivity index is 1.71. The fraction of sp³-hybridized carbons (Fsp3) is 0.0833. The zero-order chi connectivity index (χ0) is 22.2. The van der Waals surface area contributed by atoms with Crippen molar-refractivity contribution in [1.82, 2.24) is 14.5 Å². The van der Waals surface area contributed by atoms with E-state index in [1.54, 1.807) is 30.3 Å². The van der Waals surface area contributed by atoms with Gasteiger partial charge in [0, 0.05) is 18.2 Å². The number of nitrogens with one attached hydrogen (secondary N) is 1. The van der Waals surface area contributed by atoms with Crippen molar-refractivity contribution in [3.63, 3.8) is 0 Å². The van der Waals surface area contributed by atoms with Gasteiger partial charge in [0.25, 0.3) is 5.56 Å². The van der Waals surface area contributed by atoms with E-state index in [1.807, 2.05) is 0 Å². The van der Waals surface area contributed by atoms with Gasteiger partial charge in [-0.2, -0.15) is 0 Å². The van der Waals surface area contributed by atoms with Crippen molar-refractivity contribution in [3.05, 3.63) is 118 Å². The van der Waals surface area contributed by atoms with Crippen molar-refractivity contribution in [2.24, 2.45) is 0 Å². The van der Waals surface area contributed by atoms with Gasteiger partial charge in [0.2, 0.25) is 0 Å². The highest BCUT2D eigenvalue weighted by Crippen LogP contribution is 2.27. The molecule has 5 nitrogen and oxygen atoms in total. The number of hydrogen-bond donors (Lipinski definition) is 1. The van der Waals surface area contributed by atoms with Crippen molar-refractivity contribution in [2.45, 2.75) is 12.8 Å². The Labute approximate surface area is 180 Å². The maximum Gasteiger partial charge on any atom is 0.278 e. The molecule has 0 saturated carbocycles.